The number of benzene rings is 1. The lowest BCUT2D eigenvalue weighted by Crippen LogP contribution is -2.49. The fraction of sp³-hybridized carbons (Fsp3) is 0.467. The van der Waals surface area contributed by atoms with Gasteiger partial charge in [-0.2, -0.15) is 0 Å². The van der Waals surface area contributed by atoms with Crippen molar-refractivity contribution in [3.05, 3.63) is 29.3 Å². The average Bonchev–Trinajstić information content (AvgIpc) is 2.38. The smallest absolute Gasteiger partial charge is 0.337 e. The van der Waals surface area contributed by atoms with Crippen molar-refractivity contribution in [1.29, 1.82) is 0 Å². The Morgan fingerprint density at radius 2 is 2.10 bits per heavy atom. The first-order chi connectivity index (χ1) is 10.0. The zero-order chi connectivity index (χ0) is 15.4. The molecule has 0 saturated heterocycles. The molecule has 114 valence electrons. The van der Waals surface area contributed by atoms with Crippen LogP contribution in [-0.4, -0.2) is 35.9 Å². The molecule has 21 heavy (non-hydrogen) atoms. The molecule has 1 aromatic carbocycles. The first kappa shape index (κ1) is 15.3. The van der Waals surface area contributed by atoms with E-state index in [9.17, 15) is 9.59 Å². The number of aromatic carboxylic acids is 1. The van der Waals surface area contributed by atoms with Gasteiger partial charge in [-0.05, 0) is 38.3 Å². The summed E-state index contributed by atoms with van der Waals surface area (Å²) >= 11 is 0. The molecule has 0 unspecified atom stereocenters. The number of carboxylic acids is 1. The number of aryl methyl sites for hydroxylation is 1. The Kier molecular flexibility index (Phi) is 4.80. The lowest BCUT2D eigenvalue weighted by Gasteiger charge is -2.35. The van der Waals surface area contributed by atoms with Crippen molar-refractivity contribution in [3.8, 4) is 0 Å². The van der Waals surface area contributed by atoms with Crippen LogP contribution in [0.5, 0.6) is 0 Å². The predicted octanol–water partition coefficient (Wildman–Crippen LogP) is 2.38. The molecular formula is C15H20N2O4. The number of hydrogen-bond donors (Lipinski definition) is 3. The van der Waals surface area contributed by atoms with Crippen LogP contribution in [0.15, 0.2) is 18.2 Å². The Labute approximate surface area is 123 Å². The summed E-state index contributed by atoms with van der Waals surface area (Å²) in [7, 11) is 0. The number of carbonyl (C=O) groups is 2. The van der Waals surface area contributed by atoms with E-state index < -0.39 is 5.97 Å². The van der Waals surface area contributed by atoms with Gasteiger partial charge in [-0.1, -0.05) is 12.1 Å². The summed E-state index contributed by atoms with van der Waals surface area (Å²) < 4.78 is 5.43. The van der Waals surface area contributed by atoms with Crippen LogP contribution < -0.4 is 10.6 Å². The second-order valence-electron chi connectivity index (χ2n) is 5.15. The van der Waals surface area contributed by atoms with Crippen LogP contribution in [0.3, 0.4) is 0 Å². The molecule has 0 aliphatic heterocycles. The van der Waals surface area contributed by atoms with E-state index in [2.05, 4.69) is 10.6 Å². The standard InChI is InChI=1S/C15H20N2O4/c1-3-21-11-7-10(8-11)16-15(20)17-13-9(2)5-4-6-12(13)14(18)19/h4-6,10-11H,3,7-8H2,1-2H3,(H,18,19)(H2,16,17,20). The number of carboxylic acid groups (broad SMARTS) is 1. The highest BCUT2D eigenvalue weighted by Gasteiger charge is 2.30. The second-order valence-corrected chi connectivity index (χ2v) is 5.15. The Balaban J connectivity index is 1.93. The van der Waals surface area contributed by atoms with Crippen LogP contribution in [0.4, 0.5) is 10.5 Å². The molecule has 1 aliphatic carbocycles. The van der Waals surface area contributed by atoms with Gasteiger partial charge in [0.25, 0.3) is 0 Å². The van der Waals surface area contributed by atoms with Gasteiger partial charge < -0.3 is 20.5 Å². The summed E-state index contributed by atoms with van der Waals surface area (Å²) in [4.78, 5) is 23.1. The number of ether oxygens (including phenoxy) is 1. The minimum Gasteiger partial charge on any atom is -0.478 e. The molecule has 0 radical (unpaired) electrons. The van der Waals surface area contributed by atoms with Crippen molar-refractivity contribution in [2.45, 2.75) is 38.8 Å². The lowest BCUT2D eigenvalue weighted by molar-refractivity contribution is -0.00673. The molecular weight excluding hydrogens is 272 g/mol. The van der Waals surface area contributed by atoms with Crippen LogP contribution in [0.1, 0.15) is 35.7 Å². The highest BCUT2D eigenvalue weighted by Crippen LogP contribution is 2.24. The molecule has 2 amide bonds. The zero-order valence-corrected chi connectivity index (χ0v) is 12.2. The topological polar surface area (TPSA) is 87.7 Å². The first-order valence-corrected chi connectivity index (χ1v) is 7.03. The predicted molar refractivity (Wildman–Crippen MR) is 78.7 cm³/mol. The van der Waals surface area contributed by atoms with Crippen molar-refractivity contribution in [2.24, 2.45) is 0 Å². The van der Waals surface area contributed by atoms with Crippen LogP contribution >= 0.6 is 0 Å². The molecule has 0 bridgehead atoms. The van der Waals surface area contributed by atoms with Gasteiger partial charge in [0.05, 0.1) is 17.4 Å². The van der Waals surface area contributed by atoms with Crippen molar-refractivity contribution in [1.82, 2.24) is 5.32 Å². The fourth-order valence-corrected chi connectivity index (χ4v) is 2.40. The molecule has 0 heterocycles. The quantitative estimate of drug-likeness (QED) is 0.777. The third-order valence-electron chi connectivity index (χ3n) is 3.57. The summed E-state index contributed by atoms with van der Waals surface area (Å²) in [5.41, 5.74) is 1.14. The van der Waals surface area contributed by atoms with Crippen LogP contribution in [-0.2, 0) is 4.74 Å². The molecule has 0 spiro atoms. The molecule has 6 heteroatoms. The van der Waals surface area contributed by atoms with Crippen LogP contribution in [0.25, 0.3) is 0 Å². The van der Waals surface area contributed by atoms with E-state index in [1.807, 2.05) is 6.92 Å². The maximum Gasteiger partial charge on any atom is 0.337 e. The minimum absolute atomic E-state index is 0.0823. The summed E-state index contributed by atoms with van der Waals surface area (Å²) in [6.45, 7) is 4.38. The Hall–Kier alpha value is -2.08. The average molecular weight is 292 g/mol. The highest BCUT2D eigenvalue weighted by atomic mass is 16.5. The number of carbonyl (C=O) groups excluding carboxylic acids is 1. The number of nitrogens with one attached hydrogen (secondary N) is 2. The fourth-order valence-electron chi connectivity index (χ4n) is 2.40. The van der Waals surface area contributed by atoms with Gasteiger partial charge >= 0.3 is 12.0 Å². The SMILES string of the molecule is CCOC1CC(NC(=O)Nc2c(C)cccc2C(=O)O)C1. The number of amides is 2. The molecule has 1 fully saturated rings. The molecule has 0 aromatic heterocycles. The molecule has 1 saturated carbocycles. The Morgan fingerprint density at radius 3 is 2.71 bits per heavy atom. The number of urea groups is 1. The molecule has 1 aromatic rings. The zero-order valence-electron chi connectivity index (χ0n) is 12.2. The Bertz CT molecular complexity index is 538. The minimum atomic E-state index is -1.06. The summed E-state index contributed by atoms with van der Waals surface area (Å²) in [6, 6.07) is 4.58. The third-order valence-corrected chi connectivity index (χ3v) is 3.57. The largest absolute Gasteiger partial charge is 0.478 e. The van der Waals surface area contributed by atoms with Gasteiger partial charge in [0, 0.05) is 12.6 Å². The number of hydrogen-bond acceptors (Lipinski definition) is 3. The van der Waals surface area contributed by atoms with E-state index >= 15 is 0 Å². The van der Waals surface area contributed by atoms with Gasteiger partial charge in [-0.25, -0.2) is 9.59 Å². The highest BCUT2D eigenvalue weighted by molar-refractivity contribution is 6.01. The molecule has 0 atom stereocenters. The maximum absolute atomic E-state index is 12.0. The van der Waals surface area contributed by atoms with E-state index in [1.54, 1.807) is 19.1 Å². The summed E-state index contributed by atoms with van der Waals surface area (Å²) in [6.07, 6.45) is 1.80. The van der Waals surface area contributed by atoms with E-state index in [0.29, 0.717) is 17.9 Å². The van der Waals surface area contributed by atoms with Gasteiger partial charge in [0.15, 0.2) is 0 Å². The van der Waals surface area contributed by atoms with E-state index in [4.69, 9.17) is 9.84 Å². The first-order valence-electron chi connectivity index (χ1n) is 7.03. The van der Waals surface area contributed by atoms with E-state index in [-0.39, 0.29) is 23.7 Å². The normalized spacial score (nSPS) is 20.5. The maximum atomic E-state index is 12.0. The summed E-state index contributed by atoms with van der Waals surface area (Å²) in [5, 5.41) is 14.6. The molecule has 3 N–H and O–H groups in total. The lowest BCUT2D eigenvalue weighted by atomic mass is 9.89. The van der Waals surface area contributed by atoms with Crippen molar-refractivity contribution < 1.29 is 19.4 Å². The van der Waals surface area contributed by atoms with Crippen LogP contribution in [0, 0.1) is 6.92 Å². The molecule has 1 aliphatic rings. The monoisotopic (exact) mass is 292 g/mol. The van der Waals surface area contributed by atoms with Gasteiger partial charge in [-0.3, -0.25) is 0 Å². The molecule has 6 nitrogen and oxygen atoms in total. The van der Waals surface area contributed by atoms with E-state index in [1.165, 1.54) is 6.07 Å². The number of para-hydroxylation sites is 1. The number of rotatable bonds is 5. The summed E-state index contributed by atoms with van der Waals surface area (Å²) in [5.74, 6) is -1.06. The van der Waals surface area contributed by atoms with Gasteiger partial charge in [0.1, 0.15) is 0 Å². The number of anilines is 1. The van der Waals surface area contributed by atoms with Crippen molar-refractivity contribution in [3.63, 3.8) is 0 Å². The van der Waals surface area contributed by atoms with Gasteiger partial charge in [0.2, 0.25) is 0 Å². The van der Waals surface area contributed by atoms with Gasteiger partial charge in [-0.15, -0.1) is 0 Å². The van der Waals surface area contributed by atoms with Crippen molar-refractivity contribution >= 4 is 17.7 Å². The third kappa shape index (κ3) is 3.72. The molecule has 2 rings (SSSR count). The van der Waals surface area contributed by atoms with Crippen molar-refractivity contribution in [2.75, 3.05) is 11.9 Å². The van der Waals surface area contributed by atoms with E-state index in [0.717, 1.165) is 12.8 Å². The second kappa shape index (κ2) is 6.58. The Morgan fingerprint density at radius 1 is 1.38 bits per heavy atom. The van der Waals surface area contributed by atoms with Crippen LogP contribution in [0.2, 0.25) is 0 Å².